The van der Waals surface area contributed by atoms with E-state index in [-0.39, 0.29) is 11.6 Å². The van der Waals surface area contributed by atoms with Gasteiger partial charge in [-0.05, 0) is 56.2 Å². The summed E-state index contributed by atoms with van der Waals surface area (Å²) in [5.41, 5.74) is 1.59. The summed E-state index contributed by atoms with van der Waals surface area (Å²) in [6.07, 6.45) is 1.67. The van der Waals surface area contributed by atoms with Gasteiger partial charge in [0, 0.05) is 18.7 Å². The molecule has 1 aliphatic carbocycles. The lowest BCUT2D eigenvalue weighted by Gasteiger charge is -2.25. The molecule has 162 valence electrons. The van der Waals surface area contributed by atoms with Gasteiger partial charge in [0.25, 0.3) is 0 Å². The Balaban J connectivity index is 1.96. The van der Waals surface area contributed by atoms with Crippen molar-refractivity contribution in [2.75, 3.05) is 16.2 Å². The Labute approximate surface area is 179 Å². The fourth-order valence-electron chi connectivity index (χ4n) is 3.38. The molecule has 30 heavy (non-hydrogen) atoms. The molecule has 0 aliphatic heterocycles. The zero-order valence-electron chi connectivity index (χ0n) is 18.1. The van der Waals surface area contributed by atoms with E-state index < -0.39 is 15.3 Å². The summed E-state index contributed by atoms with van der Waals surface area (Å²) >= 11 is 0. The topological polar surface area (TPSA) is 79.4 Å². The molecule has 3 atom stereocenters. The molecule has 0 amide bonds. The van der Waals surface area contributed by atoms with Crippen LogP contribution in [0.15, 0.2) is 42.5 Å². The van der Waals surface area contributed by atoms with Crippen LogP contribution in [0.3, 0.4) is 0 Å². The molecule has 1 N–H and O–H groups in total. The number of benzene rings is 1. The van der Waals surface area contributed by atoms with Crippen LogP contribution in [-0.2, 0) is 16.6 Å². The fourth-order valence-corrected chi connectivity index (χ4v) is 4.41. The molecule has 1 aromatic heterocycles. The normalized spacial score (nSPS) is 19.2. The summed E-state index contributed by atoms with van der Waals surface area (Å²) in [5, 5.41) is -0.545. The summed E-state index contributed by atoms with van der Waals surface area (Å²) < 4.78 is 27.7. The van der Waals surface area contributed by atoms with Crippen molar-refractivity contribution in [2.24, 2.45) is 11.8 Å². The summed E-state index contributed by atoms with van der Waals surface area (Å²) in [4.78, 5) is 18.9. The van der Waals surface area contributed by atoms with Gasteiger partial charge < -0.3 is 4.90 Å². The number of aromatic nitrogens is 1. The number of rotatable bonds is 10. The van der Waals surface area contributed by atoms with Gasteiger partial charge in [0.15, 0.2) is 5.78 Å². The molecule has 1 aliphatic rings. The first-order valence-corrected chi connectivity index (χ1v) is 12.1. The highest BCUT2D eigenvalue weighted by Crippen LogP contribution is 2.39. The number of hydrogen-bond acceptors (Lipinski definition) is 5. The van der Waals surface area contributed by atoms with Crippen LogP contribution in [0.25, 0.3) is 0 Å². The van der Waals surface area contributed by atoms with Gasteiger partial charge in [-0.15, -0.1) is 0 Å². The lowest BCUT2D eigenvalue weighted by Crippen LogP contribution is -2.28. The lowest BCUT2D eigenvalue weighted by atomic mass is 10.1. The van der Waals surface area contributed by atoms with Crippen molar-refractivity contribution in [2.45, 2.75) is 52.3 Å². The van der Waals surface area contributed by atoms with E-state index in [2.05, 4.69) is 33.7 Å². The Kier molecular flexibility index (Phi) is 6.81. The minimum atomic E-state index is -3.57. The van der Waals surface area contributed by atoms with Crippen LogP contribution in [0.4, 0.5) is 11.6 Å². The van der Waals surface area contributed by atoms with Crippen molar-refractivity contribution < 1.29 is 13.2 Å². The van der Waals surface area contributed by atoms with Gasteiger partial charge in [0.05, 0.1) is 5.25 Å². The van der Waals surface area contributed by atoms with E-state index in [1.165, 1.54) is 19.4 Å². The van der Waals surface area contributed by atoms with Crippen molar-refractivity contribution >= 4 is 27.4 Å². The molecular formula is C23H31N3O3S. The molecule has 3 rings (SSSR count). The van der Waals surface area contributed by atoms with E-state index in [1.807, 2.05) is 25.1 Å². The second kappa shape index (κ2) is 9.16. The third-order valence-corrected chi connectivity index (χ3v) is 7.73. The zero-order valence-corrected chi connectivity index (χ0v) is 18.9. The third-order valence-electron chi connectivity index (χ3n) is 5.84. The molecule has 0 spiro atoms. The highest BCUT2D eigenvalue weighted by molar-refractivity contribution is 7.93. The first kappa shape index (κ1) is 22.3. The van der Waals surface area contributed by atoms with Crippen molar-refractivity contribution in [3.8, 4) is 0 Å². The molecule has 1 saturated carbocycles. The monoisotopic (exact) mass is 429 g/mol. The Morgan fingerprint density at radius 3 is 2.50 bits per heavy atom. The van der Waals surface area contributed by atoms with Gasteiger partial charge in [0.2, 0.25) is 10.0 Å². The number of carbonyl (C=O) groups excluding carboxylic acids is 1. The van der Waals surface area contributed by atoms with Crippen molar-refractivity contribution in [3.63, 3.8) is 0 Å². The van der Waals surface area contributed by atoms with Gasteiger partial charge in [-0.25, -0.2) is 13.4 Å². The standard InChI is InChI=1S/C23H31N3O3S/c1-5-17(3)30(28,29)25-22-12-20(18(4)27)13-23(24-22)26(15-21-11-16(21)2)14-19-9-7-6-8-10-19/h6-10,12-13,16-17,21H,5,11,14-15H2,1-4H3,(H,24,25). The summed E-state index contributed by atoms with van der Waals surface area (Å²) in [6.45, 7) is 8.67. The zero-order chi connectivity index (χ0) is 21.9. The van der Waals surface area contributed by atoms with Gasteiger partial charge >= 0.3 is 0 Å². The number of nitrogens with zero attached hydrogens (tertiary/aromatic N) is 2. The number of nitrogens with one attached hydrogen (secondary N) is 1. The second-order valence-corrected chi connectivity index (χ2v) is 10.5. The Hall–Kier alpha value is -2.41. The van der Waals surface area contributed by atoms with Gasteiger partial charge in [-0.2, -0.15) is 0 Å². The van der Waals surface area contributed by atoms with Crippen LogP contribution in [-0.4, -0.2) is 31.0 Å². The molecule has 3 unspecified atom stereocenters. The second-order valence-electron chi connectivity index (χ2n) is 8.36. The maximum Gasteiger partial charge on any atom is 0.236 e. The highest BCUT2D eigenvalue weighted by Gasteiger charge is 2.34. The van der Waals surface area contributed by atoms with Crippen LogP contribution < -0.4 is 9.62 Å². The molecule has 0 bridgehead atoms. The maximum absolute atomic E-state index is 12.6. The minimum Gasteiger partial charge on any atom is -0.352 e. The summed E-state index contributed by atoms with van der Waals surface area (Å²) in [6, 6.07) is 13.4. The number of Topliss-reactive ketones (excluding diaryl/α,β-unsaturated/α-hetero) is 1. The Morgan fingerprint density at radius 2 is 1.93 bits per heavy atom. The minimum absolute atomic E-state index is 0.123. The first-order valence-electron chi connectivity index (χ1n) is 10.5. The average Bonchev–Trinajstić information content (AvgIpc) is 3.41. The maximum atomic E-state index is 12.6. The van der Waals surface area contributed by atoms with E-state index >= 15 is 0 Å². The molecule has 6 nitrogen and oxygen atoms in total. The van der Waals surface area contributed by atoms with Crippen LogP contribution >= 0.6 is 0 Å². The molecule has 1 aromatic carbocycles. The van der Waals surface area contributed by atoms with Crippen LogP contribution in [0.2, 0.25) is 0 Å². The average molecular weight is 430 g/mol. The van der Waals surface area contributed by atoms with Crippen LogP contribution in [0, 0.1) is 11.8 Å². The predicted octanol–water partition coefficient (Wildman–Crippen LogP) is 4.49. The number of anilines is 2. The Bertz CT molecular complexity index is 992. The number of hydrogen-bond donors (Lipinski definition) is 1. The number of sulfonamides is 1. The van der Waals surface area contributed by atoms with Crippen molar-refractivity contribution in [1.29, 1.82) is 0 Å². The highest BCUT2D eigenvalue weighted by atomic mass is 32.2. The molecule has 0 radical (unpaired) electrons. The van der Waals surface area contributed by atoms with Gasteiger partial charge in [-0.1, -0.05) is 44.2 Å². The summed E-state index contributed by atoms with van der Waals surface area (Å²) in [7, 11) is -3.57. The SMILES string of the molecule is CCC(C)S(=O)(=O)Nc1cc(C(C)=O)cc(N(Cc2ccccc2)CC2CC2C)n1. The molecule has 1 heterocycles. The van der Waals surface area contributed by atoms with E-state index in [9.17, 15) is 13.2 Å². The predicted molar refractivity (Wildman–Crippen MR) is 121 cm³/mol. The first-order chi connectivity index (χ1) is 14.2. The quantitative estimate of drug-likeness (QED) is 0.563. The Morgan fingerprint density at radius 1 is 1.27 bits per heavy atom. The lowest BCUT2D eigenvalue weighted by molar-refractivity contribution is 0.101. The van der Waals surface area contributed by atoms with Gasteiger partial charge in [0.1, 0.15) is 11.6 Å². The third kappa shape index (κ3) is 5.59. The molecule has 7 heteroatoms. The molecular weight excluding hydrogens is 398 g/mol. The van der Waals surface area contributed by atoms with Crippen LogP contribution in [0.1, 0.15) is 56.5 Å². The molecule has 0 saturated heterocycles. The number of carbonyl (C=O) groups is 1. The smallest absolute Gasteiger partial charge is 0.236 e. The molecule has 2 aromatic rings. The number of pyridine rings is 1. The number of ketones is 1. The molecule has 1 fully saturated rings. The van der Waals surface area contributed by atoms with Gasteiger partial charge in [-0.3, -0.25) is 9.52 Å². The van der Waals surface area contributed by atoms with Crippen molar-refractivity contribution in [1.82, 2.24) is 4.98 Å². The van der Waals surface area contributed by atoms with Crippen LogP contribution in [0.5, 0.6) is 0 Å². The van der Waals surface area contributed by atoms with Crippen molar-refractivity contribution in [3.05, 3.63) is 53.6 Å². The van der Waals surface area contributed by atoms with E-state index in [0.717, 1.165) is 12.1 Å². The largest absolute Gasteiger partial charge is 0.352 e. The van der Waals surface area contributed by atoms with E-state index in [4.69, 9.17) is 0 Å². The van der Waals surface area contributed by atoms with E-state index in [1.54, 1.807) is 13.0 Å². The fraction of sp³-hybridized carbons (Fsp3) is 0.478. The van der Waals surface area contributed by atoms with E-state index in [0.29, 0.717) is 36.2 Å². The summed E-state index contributed by atoms with van der Waals surface area (Å²) in [5.74, 6) is 1.94.